The van der Waals surface area contributed by atoms with Crippen molar-refractivity contribution in [2.45, 2.75) is 51.4 Å². The standard InChI is InChI=1S/C30H35NO6S/c1-30(2,29(32)36-4)17-6-5-8-20-11-14-22(15-12-20)28-24-18-21(19-38(31,33)34)13-16-23(24)27-25(35-3)9-7-10-26(27)37-28/h7,9-16,18,28H,5-6,8,17,19H2,1-4H3,(H2,31,33,34). The molecule has 0 spiro atoms. The highest BCUT2D eigenvalue weighted by Crippen LogP contribution is 2.49. The molecule has 1 unspecified atom stereocenters. The number of sulfonamides is 1. The van der Waals surface area contributed by atoms with Crippen LogP contribution in [0.2, 0.25) is 0 Å². The first-order chi connectivity index (χ1) is 18.0. The van der Waals surface area contributed by atoms with Gasteiger partial charge in [-0.3, -0.25) is 4.79 Å². The van der Waals surface area contributed by atoms with Crippen LogP contribution in [-0.2, 0) is 31.7 Å². The number of carbonyl (C=O) groups is 1. The lowest BCUT2D eigenvalue weighted by atomic mass is 9.86. The lowest BCUT2D eigenvalue weighted by molar-refractivity contribution is -0.151. The van der Waals surface area contributed by atoms with E-state index in [4.69, 9.17) is 19.3 Å². The van der Waals surface area contributed by atoms with E-state index in [0.29, 0.717) is 17.1 Å². The highest BCUT2D eigenvalue weighted by atomic mass is 32.2. The number of methoxy groups -OCH3 is 2. The van der Waals surface area contributed by atoms with Gasteiger partial charge in [0.05, 0.1) is 31.0 Å². The third-order valence-electron chi connectivity index (χ3n) is 7.03. The molecule has 0 radical (unpaired) electrons. The maximum atomic E-state index is 11.9. The molecule has 0 fully saturated rings. The number of esters is 1. The molecular formula is C30H35NO6S. The van der Waals surface area contributed by atoms with Gasteiger partial charge in [-0.1, -0.05) is 55.0 Å². The molecular weight excluding hydrogens is 502 g/mol. The van der Waals surface area contributed by atoms with E-state index in [9.17, 15) is 13.2 Å². The molecule has 1 aliphatic rings. The number of carbonyl (C=O) groups excluding carboxylic acids is 1. The molecule has 202 valence electrons. The lowest BCUT2D eigenvalue weighted by Gasteiger charge is -2.30. The van der Waals surface area contributed by atoms with Crippen molar-refractivity contribution >= 4 is 16.0 Å². The zero-order valence-corrected chi connectivity index (χ0v) is 23.1. The summed E-state index contributed by atoms with van der Waals surface area (Å²) in [6, 6.07) is 19.5. The van der Waals surface area contributed by atoms with Crippen molar-refractivity contribution in [1.29, 1.82) is 0 Å². The predicted molar refractivity (Wildman–Crippen MR) is 148 cm³/mol. The Hall–Kier alpha value is -3.36. The first-order valence-corrected chi connectivity index (χ1v) is 14.4. The second-order valence-electron chi connectivity index (χ2n) is 10.4. The molecule has 2 N–H and O–H groups in total. The molecule has 3 aromatic carbocycles. The van der Waals surface area contributed by atoms with Gasteiger partial charge in [-0.2, -0.15) is 0 Å². The third kappa shape index (κ3) is 6.19. The Kier molecular flexibility index (Phi) is 8.13. The normalized spacial score (nSPS) is 14.7. The van der Waals surface area contributed by atoms with Crippen LogP contribution in [0.3, 0.4) is 0 Å². The van der Waals surface area contributed by atoms with Gasteiger partial charge in [-0.25, -0.2) is 13.6 Å². The van der Waals surface area contributed by atoms with Crippen LogP contribution in [0.5, 0.6) is 11.5 Å². The minimum absolute atomic E-state index is 0.180. The van der Waals surface area contributed by atoms with Gasteiger partial charge in [-0.05, 0) is 67.5 Å². The van der Waals surface area contributed by atoms with Crippen LogP contribution in [0.1, 0.15) is 61.5 Å². The van der Waals surface area contributed by atoms with Gasteiger partial charge in [0.25, 0.3) is 0 Å². The molecule has 0 saturated heterocycles. The first-order valence-electron chi connectivity index (χ1n) is 12.7. The number of rotatable bonds is 10. The van der Waals surface area contributed by atoms with E-state index in [2.05, 4.69) is 24.3 Å². The fourth-order valence-corrected chi connectivity index (χ4v) is 5.64. The second-order valence-corrected chi connectivity index (χ2v) is 12.0. The summed E-state index contributed by atoms with van der Waals surface area (Å²) in [7, 11) is -0.639. The minimum atomic E-state index is -3.68. The molecule has 0 amide bonds. The number of ether oxygens (including phenoxy) is 3. The van der Waals surface area contributed by atoms with Gasteiger partial charge in [0.2, 0.25) is 10.0 Å². The van der Waals surface area contributed by atoms with Crippen LogP contribution in [0.25, 0.3) is 11.1 Å². The lowest BCUT2D eigenvalue weighted by Crippen LogP contribution is -2.25. The summed E-state index contributed by atoms with van der Waals surface area (Å²) in [5, 5.41) is 5.32. The number of fused-ring (bicyclic) bond motifs is 3. The topological polar surface area (TPSA) is 105 Å². The number of primary sulfonamides is 1. The number of benzene rings is 3. The van der Waals surface area contributed by atoms with E-state index >= 15 is 0 Å². The van der Waals surface area contributed by atoms with Gasteiger partial charge in [-0.15, -0.1) is 0 Å². The smallest absolute Gasteiger partial charge is 0.311 e. The van der Waals surface area contributed by atoms with Gasteiger partial charge in [0, 0.05) is 5.56 Å². The minimum Gasteiger partial charge on any atom is -0.496 e. The van der Waals surface area contributed by atoms with Gasteiger partial charge >= 0.3 is 5.97 Å². The summed E-state index contributed by atoms with van der Waals surface area (Å²) in [5.74, 6) is 0.962. The Balaban J connectivity index is 1.57. The SMILES string of the molecule is COC(=O)C(C)(C)CCCCc1ccc(C2Oc3cccc(OC)c3-c3ccc(CS(N)(=O)=O)cc32)cc1. The van der Waals surface area contributed by atoms with E-state index in [0.717, 1.165) is 47.9 Å². The molecule has 8 heteroatoms. The summed E-state index contributed by atoms with van der Waals surface area (Å²) in [4.78, 5) is 11.9. The molecule has 1 atom stereocenters. The van der Waals surface area contributed by atoms with E-state index in [1.54, 1.807) is 13.2 Å². The van der Waals surface area contributed by atoms with Crippen LogP contribution in [0.15, 0.2) is 60.7 Å². The fraction of sp³-hybridized carbons (Fsp3) is 0.367. The summed E-state index contributed by atoms with van der Waals surface area (Å²) in [5.41, 5.74) is 4.92. The number of hydrogen-bond acceptors (Lipinski definition) is 6. The largest absolute Gasteiger partial charge is 0.496 e. The molecule has 0 aromatic heterocycles. The second kappa shape index (κ2) is 11.2. The van der Waals surface area contributed by atoms with Crippen LogP contribution in [-0.4, -0.2) is 28.6 Å². The summed E-state index contributed by atoms with van der Waals surface area (Å²) < 4.78 is 40.5. The van der Waals surface area contributed by atoms with Crippen molar-refractivity contribution in [1.82, 2.24) is 0 Å². The first kappa shape index (κ1) is 27.7. The number of unbranched alkanes of at least 4 members (excludes halogenated alkanes) is 1. The average Bonchev–Trinajstić information content (AvgIpc) is 2.89. The molecule has 7 nitrogen and oxygen atoms in total. The van der Waals surface area contributed by atoms with Crippen molar-refractivity contribution in [3.05, 3.63) is 82.9 Å². The Morgan fingerprint density at radius 1 is 1.00 bits per heavy atom. The van der Waals surface area contributed by atoms with Crippen LogP contribution in [0.4, 0.5) is 0 Å². The van der Waals surface area contributed by atoms with E-state index in [1.807, 2.05) is 44.2 Å². The predicted octanol–water partition coefficient (Wildman–Crippen LogP) is 5.54. The zero-order chi connectivity index (χ0) is 27.5. The van der Waals surface area contributed by atoms with Crippen LogP contribution in [0, 0.1) is 5.41 Å². The van der Waals surface area contributed by atoms with Gasteiger partial charge < -0.3 is 14.2 Å². The number of nitrogens with two attached hydrogens (primary N) is 1. The zero-order valence-electron chi connectivity index (χ0n) is 22.3. The third-order valence-corrected chi connectivity index (χ3v) is 7.76. The van der Waals surface area contributed by atoms with E-state index in [-0.39, 0.29) is 11.7 Å². The number of aryl methyl sites for hydroxylation is 1. The Morgan fingerprint density at radius 3 is 2.37 bits per heavy atom. The van der Waals surface area contributed by atoms with Gasteiger partial charge in [0.1, 0.15) is 17.6 Å². The Morgan fingerprint density at radius 2 is 1.71 bits per heavy atom. The van der Waals surface area contributed by atoms with Crippen molar-refractivity contribution in [3.63, 3.8) is 0 Å². The summed E-state index contributed by atoms with van der Waals surface area (Å²) in [6.07, 6.45) is 3.15. The highest BCUT2D eigenvalue weighted by molar-refractivity contribution is 7.88. The van der Waals surface area contributed by atoms with Gasteiger partial charge in [0.15, 0.2) is 0 Å². The van der Waals surface area contributed by atoms with Crippen molar-refractivity contribution < 1.29 is 27.4 Å². The quantitative estimate of drug-likeness (QED) is 0.269. The molecule has 0 aliphatic carbocycles. The molecule has 1 aliphatic heterocycles. The molecule has 38 heavy (non-hydrogen) atoms. The number of hydrogen-bond donors (Lipinski definition) is 1. The maximum Gasteiger partial charge on any atom is 0.311 e. The van der Waals surface area contributed by atoms with Crippen LogP contribution >= 0.6 is 0 Å². The Bertz CT molecular complexity index is 1410. The average molecular weight is 538 g/mol. The molecule has 4 rings (SSSR count). The summed E-state index contributed by atoms with van der Waals surface area (Å²) in [6.45, 7) is 3.83. The molecule has 3 aromatic rings. The Labute approximate surface area is 225 Å². The van der Waals surface area contributed by atoms with Crippen molar-refractivity contribution in [3.8, 4) is 22.6 Å². The van der Waals surface area contributed by atoms with Crippen molar-refractivity contribution in [2.24, 2.45) is 10.6 Å². The van der Waals surface area contributed by atoms with Crippen molar-refractivity contribution in [2.75, 3.05) is 14.2 Å². The highest BCUT2D eigenvalue weighted by Gasteiger charge is 2.30. The fourth-order valence-electron chi connectivity index (χ4n) is 5.00. The molecule has 0 saturated carbocycles. The summed E-state index contributed by atoms with van der Waals surface area (Å²) >= 11 is 0. The van der Waals surface area contributed by atoms with Crippen LogP contribution < -0.4 is 14.6 Å². The maximum absolute atomic E-state index is 11.9. The molecule has 0 bridgehead atoms. The molecule has 1 heterocycles. The monoisotopic (exact) mass is 537 g/mol. The van der Waals surface area contributed by atoms with E-state index < -0.39 is 21.5 Å². The van der Waals surface area contributed by atoms with E-state index in [1.165, 1.54) is 12.7 Å².